The molecule has 138 valence electrons. The smallest absolute Gasteiger partial charge is 0.292 e. The third kappa shape index (κ3) is 3.72. The Morgan fingerprint density at radius 1 is 1.16 bits per heavy atom. The van der Waals surface area contributed by atoms with Crippen LogP contribution in [0.4, 0.5) is 11.4 Å². The molecule has 7 nitrogen and oxygen atoms in total. The third-order valence-corrected chi connectivity index (χ3v) is 5.39. The normalized spacial score (nSPS) is 19.4. The summed E-state index contributed by atoms with van der Waals surface area (Å²) in [6.07, 6.45) is 3.90. The van der Waals surface area contributed by atoms with Gasteiger partial charge in [0.2, 0.25) is 5.91 Å². The molecule has 0 radical (unpaired) electrons. The van der Waals surface area contributed by atoms with Gasteiger partial charge in [-0.15, -0.1) is 12.4 Å². The molecule has 2 fully saturated rings. The van der Waals surface area contributed by atoms with E-state index in [1.54, 1.807) is 12.1 Å². The van der Waals surface area contributed by atoms with Crippen molar-refractivity contribution in [3.8, 4) is 0 Å². The number of rotatable bonds is 4. The molecule has 0 unspecified atom stereocenters. The van der Waals surface area contributed by atoms with Gasteiger partial charge in [0.15, 0.2) is 0 Å². The molecule has 0 bridgehead atoms. The van der Waals surface area contributed by atoms with E-state index in [0.29, 0.717) is 38.4 Å². The van der Waals surface area contributed by atoms with Crippen molar-refractivity contribution >= 4 is 29.7 Å². The highest BCUT2D eigenvalue weighted by atomic mass is 35.5. The van der Waals surface area contributed by atoms with E-state index in [2.05, 4.69) is 0 Å². The second-order valence-electron chi connectivity index (χ2n) is 6.72. The van der Waals surface area contributed by atoms with Gasteiger partial charge in [-0.2, -0.15) is 0 Å². The molecule has 2 aliphatic rings. The highest BCUT2D eigenvalue weighted by Gasteiger charge is 2.43. The molecule has 1 amide bonds. The number of para-hydroxylation sites is 2. The Hall–Kier alpha value is -1.86. The van der Waals surface area contributed by atoms with Gasteiger partial charge in [0.1, 0.15) is 5.69 Å². The van der Waals surface area contributed by atoms with Crippen molar-refractivity contribution in [2.24, 2.45) is 11.1 Å². The number of carbonyl (C=O) groups excluding carboxylic acids is 1. The lowest BCUT2D eigenvalue weighted by atomic mass is 9.84. The van der Waals surface area contributed by atoms with Crippen LogP contribution in [0.1, 0.15) is 25.7 Å². The molecule has 1 aliphatic heterocycles. The quantitative estimate of drug-likeness (QED) is 0.649. The standard InChI is InChI=1S/C17H24N4O3.ClH/c18-13-17(7-3-4-8-17)16(22)20-11-9-19(10-12-20)14-5-1-2-6-15(14)21(23)24;/h1-2,5-6H,3-4,7-13,18H2;1H. The van der Waals surface area contributed by atoms with E-state index < -0.39 is 0 Å². The highest BCUT2D eigenvalue weighted by Crippen LogP contribution is 2.39. The van der Waals surface area contributed by atoms with Crippen LogP contribution in [0.25, 0.3) is 0 Å². The Kier molecular flexibility index (Phi) is 6.24. The lowest BCUT2D eigenvalue weighted by Crippen LogP contribution is -2.54. The molecule has 8 heteroatoms. The molecular weight excluding hydrogens is 344 g/mol. The summed E-state index contributed by atoms with van der Waals surface area (Å²) in [7, 11) is 0. The molecule has 3 rings (SSSR count). The summed E-state index contributed by atoms with van der Waals surface area (Å²) < 4.78 is 0. The maximum absolute atomic E-state index is 12.9. The summed E-state index contributed by atoms with van der Waals surface area (Å²) in [6, 6.07) is 6.77. The number of nitro benzene ring substituents is 1. The molecule has 25 heavy (non-hydrogen) atoms. The number of hydrogen-bond acceptors (Lipinski definition) is 5. The van der Waals surface area contributed by atoms with Crippen molar-refractivity contribution in [3.63, 3.8) is 0 Å². The summed E-state index contributed by atoms with van der Waals surface area (Å²) in [5.74, 6) is 0.171. The Labute approximate surface area is 153 Å². The van der Waals surface area contributed by atoms with Crippen LogP contribution in [0.5, 0.6) is 0 Å². The Balaban J connectivity index is 0.00000225. The Morgan fingerprint density at radius 3 is 2.32 bits per heavy atom. The van der Waals surface area contributed by atoms with Gasteiger partial charge in [-0.3, -0.25) is 14.9 Å². The van der Waals surface area contributed by atoms with Gasteiger partial charge in [-0.25, -0.2) is 0 Å². The average molecular weight is 369 g/mol. The maximum Gasteiger partial charge on any atom is 0.292 e. The number of benzene rings is 1. The van der Waals surface area contributed by atoms with Crippen molar-refractivity contribution in [1.82, 2.24) is 4.90 Å². The van der Waals surface area contributed by atoms with Crippen LogP contribution in [-0.4, -0.2) is 48.5 Å². The predicted octanol–water partition coefficient (Wildman–Crippen LogP) is 2.18. The van der Waals surface area contributed by atoms with Crippen molar-refractivity contribution in [1.29, 1.82) is 0 Å². The van der Waals surface area contributed by atoms with Gasteiger partial charge in [-0.05, 0) is 18.9 Å². The summed E-state index contributed by atoms with van der Waals surface area (Å²) in [4.78, 5) is 27.6. The molecular formula is C17H25ClN4O3. The maximum atomic E-state index is 12.9. The second-order valence-corrected chi connectivity index (χ2v) is 6.72. The average Bonchev–Trinajstić information content (AvgIpc) is 3.11. The first kappa shape index (κ1) is 19.5. The van der Waals surface area contributed by atoms with Crippen molar-refractivity contribution in [2.45, 2.75) is 25.7 Å². The zero-order chi connectivity index (χ0) is 17.2. The minimum Gasteiger partial charge on any atom is -0.362 e. The summed E-state index contributed by atoms with van der Waals surface area (Å²) in [5.41, 5.74) is 6.29. The monoisotopic (exact) mass is 368 g/mol. The number of nitrogens with two attached hydrogens (primary N) is 1. The minimum absolute atomic E-state index is 0. The van der Waals surface area contributed by atoms with Gasteiger partial charge in [0, 0.05) is 38.8 Å². The van der Waals surface area contributed by atoms with Crippen LogP contribution in [0.15, 0.2) is 24.3 Å². The van der Waals surface area contributed by atoms with Gasteiger partial charge >= 0.3 is 0 Å². The van der Waals surface area contributed by atoms with E-state index in [9.17, 15) is 14.9 Å². The lowest BCUT2D eigenvalue weighted by Gasteiger charge is -2.40. The molecule has 1 aromatic carbocycles. The largest absolute Gasteiger partial charge is 0.362 e. The molecule has 0 atom stereocenters. The summed E-state index contributed by atoms with van der Waals surface area (Å²) >= 11 is 0. The molecule has 0 spiro atoms. The molecule has 1 saturated carbocycles. The van der Waals surface area contributed by atoms with Crippen LogP contribution in [0, 0.1) is 15.5 Å². The van der Waals surface area contributed by atoms with E-state index in [0.717, 1.165) is 25.7 Å². The predicted molar refractivity (Wildman–Crippen MR) is 99.1 cm³/mol. The summed E-state index contributed by atoms with van der Waals surface area (Å²) in [5, 5.41) is 11.2. The zero-order valence-corrected chi connectivity index (χ0v) is 15.0. The SMILES string of the molecule is Cl.NCC1(C(=O)N2CCN(c3ccccc3[N+](=O)[O-])CC2)CCCC1. The van der Waals surface area contributed by atoms with Crippen molar-refractivity contribution in [3.05, 3.63) is 34.4 Å². The Morgan fingerprint density at radius 2 is 1.76 bits per heavy atom. The van der Waals surface area contributed by atoms with Gasteiger partial charge in [0.05, 0.1) is 10.3 Å². The number of halogens is 1. The zero-order valence-electron chi connectivity index (χ0n) is 14.2. The van der Waals surface area contributed by atoms with Gasteiger partial charge in [-0.1, -0.05) is 25.0 Å². The number of carbonyl (C=O) groups is 1. The first-order valence-corrected chi connectivity index (χ1v) is 8.55. The topological polar surface area (TPSA) is 92.7 Å². The molecule has 1 heterocycles. The fourth-order valence-electron chi connectivity index (χ4n) is 3.93. The van der Waals surface area contributed by atoms with Crippen LogP contribution in [-0.2, 0) is 4.79 Å². The van der Waals surface area contributed by atoms with Crippen LogP contribution < -0.4 is 10.6 Å². The van der Waals surface area contributed by atoms with Crippen molar-refractivity contribution in [2.75, 3.05) is 37.6 Å². The Bertz CT molecular complexity index is 626. The minimum atomic E-state index is -0.374. The van der Waals surface area contributed by atoms with Crippen LogP contribution in [0.2, 0.25) is 0 Å². The molecule has 0 aromatic heterocycles. The number of piperazine rings is 1. The lowest BCUT2D eigenvalue weighted by molar-refractivity contribution is -0.384. The molecule has 1 aliphatic carbocycles. The number of anilines is 1. The number of amides is 1. The van der Waals surface area contributed by atoms with E-state index in [1.165, 1.54) is 6.07 Å². The van der Waals surface area contributed by atoms with E-state index in [-0.39, 0.29) is 34.3 Å². The highest BCUT2D eigenvalue weighted by molar-refractivity contribution is 5.85. The molecule has 1 saturated heterocycles. The summed E-state index contributed by atoms with van der Waals surface area (Å²) in [6.45, 7) is 2.81. The number of hydrogen-bond donors (Lipinski definition) is 1. The molecule has 1 aromatic rings. The fourth-order valence-corrected chi connectivity index (χ4v) is 3.93. The first-order valence-electron chi connectivity index (χ1n) is 8.55. The van der Waals surface area contributed by atoms with Gasteiger partial charge in [0.25, 0.3) is 5.69 Å². The second kappa shape index (κ2) is 8.01. The number of nitrogens with zero attached hydrogens (tertiary/aromatic N) is 3. The van der Waals surface area contributed by atoms with E-state index in [1.807, 2.05) is 15.9 Å². The third-order valence-electron chi connectivity index (χ3n) is 5.39. The van der Waals surface area contributed by atoms with E-state index in [4.69, 9.17) is 5.73 Å². The van der Waals surface area contributed by atoms with E-state index >= 15 is 0 Å². The fraction of sp³-hybridized carbons (Fsp3) is 0.588. The molecule has 2 N–H and O–H groups in total. The first-order chi connectivity index (χ1) is 11.6. The van der Waals surface area contributed by atoms with Gasteiger partial charge < -0.3 is 15.5 Å². The van der Waals surface area contributed by atoms with Crippen LogP contribution in [0.3, 0.4) is 0 Å². The van der Waals surface area contributed by atoms with Crippen LogP contribution >= 0.6 is 12.4 Å². The number of nitro groups is 1. The van der Waals surface area contributed by atoms with Crippen molar-refractivity contribution < 1.29 is 9.72 Å².